The van der Waals surface area contributed by atoms with E-state index in [1.165, 1.54) is 57.1 Å². The van der Waals surface area contributed by atoms with Crippen molar-refractivity contribution in [3.8, 4) is 0 Å². The Labute approximate surface area is 149 Å². The van der Waals surface area contributed by atoms with Crippen LogP contribution < -0.4 is 16.6 Å². The molecule has 0 spiro atoms. The van der Waals surface area contributed by atoms with Crippen LogP contribution in [0.15, 0.2) is 18.5 Å². The number of hydrazine groups is 1. The molecule has 2 heterocycles. The lowest BCUT2D eigenvalue weighted by atomic mass is 9.86. The molecule has 2 aromatic heterocycles. The molecule has 0 aromatic carbocycles. The van der Waals surface area contributed by atoms with Crippen molar-refractivity contribution in [2.75, 3.05) is 10.7 Å². The van der Waals surface area contributed by atoms with Crippen molar-refractivity contribution in [2.24, 2.45) is 5.84 Å². The molecule has 25 heavy (non-hydrogen) atoms. The van der Waals surface area contributed by atoms with Crippen LogP contribution in [0.2, 0.25) is 0 Å². The molecule has 4 N–H and O–H groups in total. The highest BCUT2D eigenvalue weighted by Crippen LogP contribution is 2.36. The van der Waals surface area contributed by atoms with Gasteiger partial charge in [-0.3, -0.25) is 9.97 Å². The zero-order valence-electron chi connectivity index (χ0n) is 15.0. The van der Waals surface area contributed by atoms with Crippen LogP contribution in [-0.4, -0.2) is 16.0 Å². The number of pyridine rings is 2. The first-order chi connectivity index (χ1) is 12.2. The second-order valence-corrected chi connectivity index (χ2v) is 7.72. The fourth-order valence-electron chi connectivity index (χ4n) is 4.56. The van der Waals surface area contributed by atoms with E-state index in [1.54, 1.807) is 6.20 Å². The van der Waals surface area contributed by atoms with E-state index in [0.717, 1.165) is 29.4 Å². The Balaban J connectivity index is 1.69. The maximum absolute atomic E-state index is 6.52. The second kappa shape index (κ2) is 7.16. The van der Waals surface area contributed by atoms with Crippen molar-refractivity contribution >= 4 is 22.3 Å². The standard InChI is InChI=1S/C20H29N5/c21-17-13-24-19-11-18(14-7-3-1-4-8-14)23-12-16(19)20(17)25(22)15-9-5-2-6-10-15/h11-15H,1-10,21-22H2. The third-order valence-corrected chi connectivity index (χ3v) is 6.02. The number of fused-ring (bicyclic) bond motifs is 1. The number of hydrogen-bond donors (Lipinski definition) is 2. The Hall–Kier alpha value is -1.88. The molecule has 0 radical (unpaired) electrons. The Morgan fingerprint density at radius 2 is 1.56 bits per heavy atom. The van der Waals surface area contributed by atoms with Crippen LogP contribution in [0, 0.1) is 0 Å². The number of aromatic nitrogens is 2. The van der Waals surface area contributed by atoms with E-state index in [-0.39, 0.29) is 0 Å². The lowest BCUT2D eigenvalue weighted by molar-refractivity contribution is 0.418. The maximum atomic E-state index is 6.52. The predicted octanol–water partition coefficient (Wildman–Crippen LogP) is 4.27. The van der Waals surface area contributed by atoms with E-state index in [1.807, 2.05) is 11.2 Å². The average molecular weight is 339 g/mol. The third kappa shape index (κ3) is 3.30. The van der Waals surface area contributed by atoms with Gasteiger partial charge in [0, 0.05) is 29.2 Å². The van der Waals surface area contributed by atoms with Gasteiger partial charge in [0.2, 0.25) is 0 Å². The van der Waals surface area contributed by atoms with E-state index in [2.05, 4.69) is 11.1 Å². The molecule has 0 bridgehead atoms. The van der Waals surface area contributed by atoms with Crippen LogP contribution in [0.25, 0.3) is 10.9 Å². The highest BCUT2D eigenvalue weighted by atomic mass is 15.4. The van der Waals surface area contributed by atoms with Crippen LogP contribution in [-0.2, 0) is 0 Å². The van der Waals surface area contributed by atoms with Gasteiger partial charge in [0.25, 0.3) is 0 Å². The molecule has 5 nitrogen and oxygen atoms in total. The van der Waals surface area contributed by atoms with Crippen molar-refractivity contribution in [1.82, 2.24) is 9.97 Å². The van der Waals surface area contributed by atoms with Crippen molar-refractivity contribution in [1.29, 1.82) is 0 Å². The summed E-state index contributed by atoms with van der Waals surface area (Å²) in [6, 6.07) is 2.52. The first-order valence-electron chi connectivity index (χ1n) is 9.82. The van der Waals surface area contributed by atoms with Crippen molar-refractivity contribution in [3.63, 3.8) is 0 Å². The maximum Gasteiger partial charge on any atom is 0.0875 e. The fourth-order valence-corrected chi connectivity index (χ4v) is 4.56. The van der Waals surface area contributed by atoms with Gasteiger partial charge in [-0.1, -0.05) is 38.5 Å². The average Bonchev–Trinajstić information content (AvgIpc) is 2.68. The van der Waals surface area contributed by atoms with Crippen molar-refractivity contribution in [3.05, 3.63) is 24.2 Å². The first-order valence-corrected chi connectivity index (χ1v) is 9.82. The van der Waals surface area contributed by atoms with Crippen LogP contribution in [0.3, 0.4) is 0 Å². The zero-order chi connectivity index (χ0) is 17.2. The third-order valence-electron chi connectivity index (χ3n) is 6.02. The summed E-state index contributed by atoms with van der Waals surface area (Å²) in [6.45, 7) is 0. The van der Waals surface area contributed by atoms with E-state index < -0.39 is 0 Å². The largest absolute Gasteiger partial charge is 0.396 e. The molecule has 5 heteroatoms. The Morgan fingerprint density at radius 3 is 2.28 bits per heavy atom. The first kappa shape index (κ1) is 16.6. The summed E-state index contributed by atoms with van der Waals surface area (Å²) < 4.78 is 0. The van der Waals surface area contributed by atoms with Gasteiger partial charge in [-0.05, 0) is 31.7 Å². The molecule has 0 saturated heterocycles. The summed E-state index contributed by atoms with van der Waals surface area (Å²) in [5.41, 5.74) is 9.95. The second-order valence-electron chi connectivity index (χ2n) is 7.72. The molecule has 4 rings (SSSR count). The zero-order valence-corrected chi connectivity index (χ0v) is 15.0. The van der Waals surface area contributed by atoms with Crippen LogP contribution >= 0.6 is 0 Å². The van der Waals surface area contributed by atoms with Gasteiger partial charge in [0.05, 0.1) is 23.1 Å². The van der Waals surface area contributed by atoms with E-state index in [9.17, 15) is 0 Å². The number of hydrogen-bond acceptors (Lipinski definition) is 5. The van der Waals surface area contributed by atoms with Gasteiger partial charge in [0.1, 0.15) is 0 Å². The Bertz CT molecular complexity index is 732. The number of nitrogen functional groups attached to an aromatic ring is 1. The molecule has 2 aromatic rings. The van der Waals surface area contributed by atoms with E-state index in [4.69, 9.17) is 16.6 Å². The summed E-state index contributed by atoms with van der Waals surface area (Å²) in [7, 11) is 0. The van der Waals surface area contributed by atoms with E-state index >= 15 is 0 Å². The summed E-state index contributed by atoms with van der Waals surface area (Å²) in [4.78, 5) is 9.36. The summed E-state index contributed by atoms with van der Waals surface area (Å²) in [6.07, 6.45) is 16.2. The molecule has 2 fully saturated rings. The minimum atomic E-state index is 0.361. The van der Waals surface area contributed by atoms with Crippen molar-refractivity contribution in [2.45, 2.75) is 76.2 Å². The molecule has 0 unspecified atom stereocenters. The minimum Gasteiger partial charge on any atom is -0.396 e. The van der Waals surface area contributed by atoms with Crippen LogP contribution in [0.5, 0.6) is 0 Å². The van der Waals surface area contributed by atoms with Crippen LogP contribution in [0.1, 0.15) is 75.8 Å². The molecule has 2 aliphatic rings. The van der Waals surface area contributed by atoms with Gasteiger partial charge in [-0.25, -0.2) is 5.84 Å². The predicted molar refractivity (Wildman–Crippen MR) is 103 cm³/mol. The summed E-state index contributed by atoms with van der Waals surface area (Å²) in [5, 5.41) is 2.87. The van der Waals surface area contributed by atoms with Gasteiger partial charge < -0.3 is 10.7 Å². The Kier molecular flexibility index (Phi) is 4.75. The smallest absolute Gasteiger partial charge is 0.0875 e. The highest BCUT2D eigenvalue weighted by Gasteiger charge is 2.24. The summed E-state index contributed by atoms with van der Waals surface area (Å²) in [5.74, 6) is 7.09. The molecule has 2 aliphatic carbocycles. The molecule has 0 aliphatic heterocycles. The molecular formula is C20H29N5. The fraction of sp³-hybridized carbons (Fsp3) is 0.600. The van der Waals surface area contributed by atoms with Crippen LogP contribution in [0.4, 0.5) is 11.4 Å². The normalized spacial score (nSPS) is 20.0. The Morgan fingerprint density at radius 1 is 0.880 bits per heavy atom. The van der Waals surface area contributed by atoms with Gasteiger partial charge in [-0.15, -0.1) is 0 Å². The minimum absolute atomic E-state index is 0.361. The monoisotopic (exact) mass is 339 g/mol. The highest BCUT2D eigenvalue weighted by molar-refractivity contribution is 5.97. The number of anilines is 2. The quantitative estimate of drug-likeness (QED) is 0.644. The summed E-state index contributed by atoms with van der Waals surface area (Å²) >= 11 is 0. The molecule has 134 valence electrons. The van der Waals surface area contributed by atoms with Gasteiger partial charge in [0.15, 0.2) is 0 Å². The topological polar surface area (TPSA) is 81.1 Å². The lowest BCUT2D eigenvalue weighted by Gasteiger charge is -2.33. The SMILES string of the molecule is Nc1cnc2cc(C3CCCCC3)ncc2c1N(N)C1CCCCC1. The number of nitrogens with two attached hydrogens (primary N) is 2. The lowest BCUT2D eigenvalue weighted by Crippen LogP contribution is -2.43. The molecule has 2 saturated carbocycles. The van der Waals surface area contributed by atoms with Gasteiger partial charge in [-0.2, -0.15) is 0 Å². The van der Waals surface area contributed by atoms with Gasteiger partial charge >= 0.3 is 0 Å². The molecular weight excluding hydrogens is 310 g/mol. The number of nitrogens with zero attached hydrogens (tertiary/aromatic N) is 3. The van der Waals surface area contributed by atoms with Crippen molar-refractivity contribution < 1.29 is 0 Å². The number of rotatable bonds is 3. The van der Waals surface area contributed by atoms with E-state index in [0.29, 0.717) is 17.6 Å². The molecule has 0 atom stereocenters. The molecule has 0 amide bonds.